The lowest BCUT2D eigenvalue weighted by Gasteiger charge is -2.45. The third-order valence-corrected chi connectivity index (χ3v) is 6.63. The molecule has 150 valence electrons. The van der Waals surface area contributed by atoms with Gasteiger partial charge in [-0.3, -0.25) is 9.69 Å². The lowest BCUT2D eigenvalue weighted by Crippen LogP contribution is -2.60. The minimum Gasteiger partial charge on any atom is -0.352 e. The van der Waals surface area contributed by atoms with Crippen molar-refractivity contribution in [3.05, 3.63) is 18.0 Å². The van der Waals surface area contributed by atoms with E-state index >= 15 is 0 Å². The van der Waals surface area contributed by atoms with Crippen LogP contribution in [0.1, 0.15) is 56.7 Å². The SMILES string of the molecule is CN(CC1CCCCC(=O)N1)C1CN(c2ccc3nnc(C4CCC4)n3n2)C1. The Hall–Kier alpha value is -2.22. The Morgan fingerprint density at radius 1 is 1.14 bits per heavy atom. The highest BCUT2D eigenvalue weighted by molar-refractivity contribution is 5.76. The summed E-state index contributed by atoms with van der Waals surface area (Å²) in [7, 11) is 2.17. The number of anilines is 1. The van der Waals surface area contributed by atoms with Gasteiger partial charge in [0.1, 0.15) is 5.82 Å². The van der Waals surface area contributed by atoms with Crippen LogP contribution in [-0.2, 0) is 4.79 Å². The monoisotopic (exact) mass is 383 g/mol. The van der Waals surface area contributed by atoms with E-state index in [1.54, 1.807) is 0 Å². The fourth-order valence-electron chi connectivity index (χ4n) is 4.49. The van der Waals surface area contributed by atoms with Crippen LogP contribution in [0.15, 0.2) is 12.1 Å². The number of nitrogens with one attached hydrogen (secondary N) is 1. The maximum atomic E-state index is 11.8. The zero-order valence-electron chi connectivity index (χ0n) is 16.5. The molecule has 0 bridgehead atoms. The van der Waals surface area contributed by atoms with Crippen LogP contribution < -0.4 is 10.2 Å². The van der Waals surface area contributed by atoms with Crippen molar-refractivity contribution < 1.29 is 4.79 Å². The molecule has 28 heavy (non-hydrogen) atoms. The largest absolute Gasteiger partial charge is 0.352 e. The van der Waals surface area contributed by atoms with Gasteiger partial charge < -0.3 is 10.2 Å². The van der Waals surface area contributed by atoms with Crippen LogP contribution in [0.3, 0.4) is 0 Å². The van der Waals surface area contributed by atoms with Crippen LogP contribution in [0.25, 0.3) is 5.65 Å². The van der Waals surface area contributed by atoms with Crippen molar-refractivity contribution in [3.8, 4) is 0 Å². The molecule has 1 aliphatic carbocycles. The third kappa shape index (κ3) is 3.34. The number of likely N-dealkylation sites (N-methyl/N-ethyl adjacent to an activating group) is 1. The fourth-order valence-corrected chi connectivity index (χ4v) is 4.49. The normalized spacial score (nSPS) is 24.1. The molecule has 1 unspecified atom stereocenters. The second kappa shape index (κ2) is 7.31. The number of rotatable bonds is 5. The van der Waals surface area contributed by atoms with Gasteiger partial charge in [-0.2, -0.15) is 4.52 Å². The average molecular weight is 384 g/mol. The van der Waals surface area contributed by atoms with E-state index in [2.05, 4.69) is 38.4 Å². The highest BCUT2D eigenvalue weighted by Gasteiger charge is 2.33. The van der Waals surface area contributed by atoms with E-state index in [0.717, 1.165) is 56.2 Å². The summed E-state index contributed by atoms with van der Waals surface area (Å²) in [6, 6.07) is 4.86. The number of carbonyl (C=O) groups excluding carboxylic acids is 1. The predicted molar refractivity (Wildman–Crippen MR) is 106 cm³/mol. The molecule has 0 aromatic carbocycles. The molecular weight excluding hydrogens is 354 g/mol. The smallest absolute Gasteiger partial charge is 0.220 e. The van der Waals surface area contributed by atoms with E-state index in [1.807, 2.05) is 10.6 Å². The summed E-state index contributed by atoms with van der Waals surface area (Å²) >= 11 is 0. The van der Waals surface area contributed by atoms with E-state index in [-0.39, 0.29) is 11.9 Å². The first kappa shape index (κ1) is 17.8. The van der Waals surface area contributed by atoms with Gasteiger partial charge in [0, 0.05) is 44.1 Å². The number of hydrogen-bond donors (Lipinski definition) is 1. The summed E-state index contributed by atoms with van der Waals surface area (Å²) in [5, 5.41) is 16.7. The average Bonchev–Trinajstić information content (AvgIpc) is 2.87. The molecule has 0 spiro atoms. The van der Waals surface area contributed by atoms with Gasteiger partial charge >= 0.3 is 0 Å². The molecule has 2 aliphatic heterocycles. The molecule has 1 atom stereocenters. The second-order valence-corrected chi connectivity index (χ2v) is 8.66. The van der Waals surface area contributed by atoms with Crippen molar-refractivity contribution in [2.24, 2.45) is 0 Å². The Balaban J connectivity index is 1.21. The van der Waals surface area contributed by atoms with Gasteiger partial charge in [0.2, 0.25) is 5.91 Å². The Bertz CT molecular complexity index is 855. The van der Waals surface area contributed by atoms with Crippen LogP contribution in [0, 0.1) is 0 Å². The van der Waals surface area contributed by atoms with Crippen molar-refractivity contribution in [1.29, 1.82) is 0 Å². The maximum absolute atomic E-state index is 11.8. The number of nitrogens with zero attached hydrogens (tertiary/aromatic N) is 6. The highest BCUT2D eigenvalue weighted by Crippen LogP contribution is 2.35. The van der Waals surface area contributed by atoms with Gasteiger partial charge in [0.15, 0.2) is 11.5 Å². The molecule has 5 rings (SSSR count). The molecular formula is C20H29N7O. The molecule has 2 saturated heterocycles. The first-order valence-electron chi connectivity index (χ1n) is 10.6. The molecule has 1 N–H and O–H groups in total. The number of carbonyl (C=O) groups is 1. The molecule has 2 aromatic rings. The zero-order chi connectivity index (χ0) is 19.1. The first-order valence-corrected chi connectivity index (χ1v) is 10.6. The van der Waals surface area contributed by atoms with Gasteiger partial charge in [-0.25, -0.2) is 0 Å². The molecule has 1 amide bonds. The van der Waals surface area contributed by atoms with Crippen molar-refractivity contribution in [3.63, 3.8) is 0 Å². The Kier molecular flexibility index (Phi) is 4.66. The Labute approximate surface area is 165 Å². The van der Waals surface area contributed by atoms with E-state index in [1.165, 1.54) is 19.3 Å². The lowest BCUT2D eigenvalue weighted by molar-refractivity contribution is -0.121. The summed E-state index contributed by atoms with van der Waals surface area (Å²) in [5.41, 5.74) is 0.837. The molecule has 0 radical (unpaired) electrons. The molecule has 1 saturated carbocycles. The number of hydrogen-bond acceptors (Lipinski definition) is 6. The number of fused-ring (bicyclic) bond motifs is 1. The molecule has 8 nitrogen and oxygen atoms in total. The van der Waals surface area contributed by atoms with Gasteiger partial charge in [0.05, 0.1) is 0 Å². The maximum Gasteiger partial charge on any atom is 0.220 e. The molecule has 3 aliphatic rings. The third-order valence-electron chi connectivity index (χ3n) is 6.63. The molecule has 4 heterocycles. The van der Waals surface area contributed by atoms with E-state index in [4.69, 9.17) is 5.10 Å². The van der Waals surface area contributed by atoms with Crippen LogP contribution >= 0.6 is 0 Å². The summed E-state index contributed by atoms with van der Waals surface area (Å²) in [6.07, 6.45) is 7.59. The molecule has 2 aromatic heterocycles. The van der Waals surface area contributed by atoms with Crippen LogP contribution in [0.2, 0.25) is 0 Å². The quantitative estimate of drug-likeness (QED) is 0.844. The Morgan fingerprint density at radius 2 is 2.00 bits per heavy atom. The predicted octanol–water partition coefficient (Wildman–Crippen LogP) is 1.57. The summed E-state index contributed by atoms with van der Waals surface area (Å²) in [6.45, 7) is 2.86. The van der Waals surface area contributed by atoms with E-state index < -0.39 is 0 Å². The van der Waals surface area contributed by atoms with Crippen molar-refractivity contribution in [1.82, 2.24) is 30.0 Å². The number of amides is 1. The van der Waals surface area contributed by atoms with Crippen LogP contribution in [-0.4, -0.2) is 69.4 Å². The van der Waals surface area contributed by atoms with E-state index in [9.17, 15) is 4.79 Å². The summed E-state index contributed by atoms with van der Waals surface area (Å²) in [4.78, 5) is 16.5. The first-order chi connectivity index (χ1) is 13.7. The van der Waals surface area contributed by atoms with Gasteiger partial charge in [0.25, 0.3) is 0 Å². The van der Waals surface area contributed by atoms with Gasteiger partial charge in [-0.15, -0.1) is 15.3 Å². The van der Waals surface area contributed by atoms with Crippen molar-refractivity contribution >= 4 is 17.4 Å². The minimum atomic E-state index is 0.208. The van der Waals surface area contributed by atoms with Gasteiger partial charge in [-0.1, -0.05) is 12.8 Å². The number of aromatic nitrogens is 4. The summed E-state index contributed by atoms with van der Waals surface area (Å²) < 4.78 is 1.94. The fraction of sp³-hybridized carbons (Fsp3) is 0.700. The molecule has 3 fully saturated rings. The topological polar surface area (TPSA) is 78.7 Å². The van der Waals surface area contributed by atoms with E-state index in [0.29, 0.717) is 18.4 Å². The minimum absolute atomic E-state index is 0.208. The van der Waals surface area contributed by atoms with Crippen molar-refractivity contribution in [2.75, 3.05) is 31.6 Å². The standard InChI is InChI=1S/C20H29N7O/c1-25(11-15-7-2-3-8-19(28)21-15)16-12-26(13-16)18-10-9-17-22-23-20(27(17)24-18)14-5-4-6-14/h9-10,14-16H,2-8,11-13H2,1H3,(H,21,28). The van der Waals surface area contributed by atoms with Crippen LogP contribution in [0.4, 0.5) is 5.82 Å². The van der Waals surface area contributed by atoms with Gasteiger partial charge in [-0.05, 0) is 44.9 Å². The van der Waals surface area contributed by atoms with Crippen LogP contribution in [0.5, 0.6) is 0 Å². The van der Waals surface area contributed by atoms with Crippen molar-refractivity contribution in [2.45, 2.75) is 62.9 Å². The lowest BCUT2D eigenvalue weighted by atomic mass is 9.85. The molecule has 8 heteroatoms. The highest BCUT2D eigenvalue weighted by atomic mass is 16.1. The zero-order valence-corrected chi connectivity index (χ0v) is 16.5. The summed E-state index contributed by atoms with van der Waals surface area (Å²) in [5.74, 6) is 2.74. The Morgan fingerprint density at radius 3 is 2.79 bits per heavy atom. The second-order valence-electron chi connectivity index (χ2n) is 8.66.